The molecule has 0 spiro atoms. The third-order valence-electron chi connectivity index (χ3n) is 4.91. The van der Waals surface area contributed by atoms with Crippen molar-refractivity contribution in [3.8, 4) is 0 Å². The number of hydrogen-bond acceptors (Lipinski definition) is 4. The van der Waals surface area contributed by atoms with Gasteiger partial charge in [0, 0.05) is 6.54 Å². The fourth-order valence-electron chi connectivity index (χ4n) is 3.47. The van der Waals surface area contributed by atoms with E-state index in [0.717, 1.165) is 11.1 Å². The minimum atomic E-state index is -3.86. The van der Waals surface area contributed by atoms with Gasteiger partial charge >= 0.3 is 5.97 Å². The number of nitrogens with zero attached hydrogens (tertiary/aromatic N) is 1. The van der Waals surface area contributed by atoms with Crippen molar-refractivity contribution in [2.75, 3.05) is 13.2 Å². The number of benzene rings is 2. The smallest absolute Gasteiger partial charge is 0.331 e. The van der Waals surface area contributed by atoms with Crippen molar-refractivity contribution < 1.29 is 17.9 Å². The number of sulfonamides is 1. The van der Waals surface area contributed by atoms with E-state index in [9.17, 15) is 13.2 Å². The molecule has 3 rings (SSSR count). The van der Waals surface area contributed by atoms with Crippen LogP contribution < -0.4 is 0 Å². The van der Waals surface area contributed by atoms with Gasteiger partial charge in [0.05, 0.1) is 11.5 Å². The summed E-state index contributed by atoms with van der Waals surface area (Å²) in [5.41, 5.74) is 1.23. The first-order valence-electron chi connectivity index (χ1n) is 8.67. The molecule has 1 atom stereocenters. The highest BCUT2D eigenvalue weighted by atomic mass is 32.2. The minimum Gasteiger partial charge on any atom is -0.464 e. The Hall–Kier alpha value is -2.18. The molecule has 0 saturated heterocycles. The Morgan fingerprint density at radius 3 is 2.46 bits per heavy atom. The van der Waals surface area contributed by atoms with Crippen LogP contribution in [0.4, 0.5) is 0 Å². The number of rotatable bonds is 4. The third-order valence-corrected chi connectivity index (χ3v) is 6.90. The van der Waals surface area contributed by atoms with Crippen LogP contribution in [-0.4, -0.2) is 31.8 Å². The standard InChI is InChI=1S/C20H23NO4S/c1-4-25-19(22)20(3)18-8-6-5-7-16(18)13-14-21(20)26(23,24)17-11-9-15(2)10-12-17/h5-12H,4,13-14H2,1-3H3. The summed E-state index contributed by atoms with van der Waals surface area (Å²) in [5, 5.41) is 0. The maximum absolute atomic E-state index is 13.4. The van der Waals surface area contributed by atoms with E-state index in [4.69, 9.17) is 4.74 Å². The number of esters is 1. The summed E-state index contributed by atoms with van der Waals surface area (Å²) in [6.07, 6.45) is 0.552. The van der Waals surface area contributed by atoms with Crippen molar-refractivity contribution in [2.24, 2.45) is 0 Å². The normalized spacial score (nSPS) is 20.4. The highest BCUT2D eigenvalue weighted by Crippen LogP contribution is 2.40. The number of carbonyl (C=O) groups excluding carboxylic acids is 1. The van der Waals surface area contributed by atoms with Gasteiger partial charge in [0.25, 0.3) is 0 Å². The maximum Gasteiger partial charge on any atom is 0.331 e. The van der Waals surface area contributed by atoms with Gasteiger partial charge < -0.3 is 4.74 Å². The molecular weight excluding hydrogens is 350 g/mol. The van der Waals surface area contributed by atoms with Crippen LogP contribution in [0.15, 0.2) is 53.4 Å². The highest BCUT2D eigenvalue weighted by molar-refractivity contribution is 7.89. The van der Waals surface area contributed by atoms with Gasteiger partial charge in [-0.3, -0.25) is 0 Å². The molecule has 0 aromatic heterocycles. The second-order valence-electron chi connectivity index (χ2n) is 6.59. The van der Waals surface area contributed by atoms with Gasteiger partial charge in [0.1, 0.15) is 0 Å². The molecule has 2 aromatic rings. The van der Waals surface area contributed by atoms with Crippen molar-refractivity contribution in [3.05, 3.63) is 65.2 Å². The fraction of sp³-hybridized carbons (Fsp3) is 0.350. The molecule has 1 aliphatic heterocycles. The number of ether oxygens (including phenoxy) is 1. The van der Waals surface area contributed by atoms with E-state index >= 15 is 0 Å². The van der Waals surface area contributed by atoms with Crippen molar-refractivity contribution in [3.63, 3.8) is 0 Å². The molecule has 2 aromatic carbocycles. The molecular formula is C20H23NO4S. The Morgan fingerprint density at radius 1 is 1.15 bits per heavy atom. The van der Waals surface area contributed by atoms with Crippen molar-refractivity contribution in [1.82, 2.24) is 4.31 Å². The van der Waals surface area contributed by atoms with Crippen LogP contribution in [0.2, 0.25) is 0 Å². The summed E-state index contributed by atoms with van der Waals surface area (Å²) < 4.78 is 33.3. The number of carbonyl (C=O) groups is 1. The van der Waals surface area contributed by atoms with Gasteiger partial charge in [-0.15, -0.1) is 0 Å². The summed E-state index contributed by atoms with van der Waals surface area (Å²) in [5.74, 6) is -0.553. The molecule has 0 amide bonds. The lowest BCUT2D eigenvalue weighted by atomic mass is 9.84. The Kier molecular flexibility index (Phi) is 4.90. The maximum atomic E-state index is 13.4. The zero-order valence-electron chi connectivity index (χ0n) is 15.2. The van der Waals surface area contributed by atoms with Crippen LogP contribution in [-0.2, 0) is 31.5 Å². The zero-order valence-corrected chi connectivity index (χ0v) is 16.0. The van der Waals surface area contributed by atoms with E-state index < -0.39 is 21.5 Å². The highest BCUT2D eigenvalue weighted by Gasteiger charge is 2.51. The lowest BCUT2D eigenvalue weighted by Gasteiger charge is -2.42. The summed E-state index contributed by atoms with van der Waals surface area (Å²) >= 11 is 0. The average molecular weight is 373 g/mol. The summed E-state index contributed by atoms with van der Waals surface area (Å²) in [6.45, 7) is 5.66. The Morgan fingerprint density at radius 2 is 1.81 bits per heavy atom. The summed E-state index contributed by atoms with van der Waals surface area (Å²) in [6, 6.07) is 14.1. The van der Waals surface area contributed by atoms with Gasteiger partial charge in [-0.25, -0.2) is 13.2 Å². The Bertz CT molecular complexity index is 921. The number of fused-ring (bicyclic) bond motifs is 1. The molecule has 6 heteroatoms. The Labute approximate surface area is 154 Å². The van der Waals surface area contributed by atoms with Crippen LogP contribution >= 0.6 is 0 Å². The van der Waals surface area contributed by atoms with Crippen LogP contribution in [0.3, 0.4) is 0 Å². The molecule has 1 aliphatic rings. The van der Waals surface area contributed by atoms with E-state index in [1.54, 1.807) is 38.1 Å². The van der Waals surface area contributed by atoms with Crippen LogP contribution in [0, 0.1) is 6.92 Å². The third kappa shape index (κ3) is 2.93. The quantitative estimate of drug-likeness (QED) is 0.773. The molecule has 138 valence electrons. The summed E-state index contributed by atoms with van der Waals surface area (Å²) in [7, 11) is -3.86. The molecule has 0 fully saturated rings. The first kappa shape index (κ1) is 18.6. The van der Waals surface area contributed by atoms with Gasteiger partial charge in [-0.2, -0.15) is 4.31 Å². The van der Waals surface area contributed by atoms with Gasteiger partial charge in [0.2, 0.25) is 10.0 Å². The molecule has 5 nitrogen and oxygen atoms in total. The molecule has 0 saturated carbocycles. The van der Waals surface area contributed by atoms with E-state index in [2.05, 4.69) is 0 Å². The molecule has 1 unspecified atom stereocenters. The first-order valence-corrected chi connectivity index (χ1v) is 10.1. The second kappa shape index (κ2) is 6.85. The molecule has 1 heterocycles. The second-order valence-corrected chi connectivity index (χ2v) is 8.45. The zero-order chi connectivity index (χ0) is 18.9. The van der Waals surface area contributed by atoms with E-state index in [1.165, 1.54) is 4.31 Å². The van der Waals surface area contributed by atoms with Crippen molar-refractivity contribution in [2.45, 2.75) is 37.6 Å². The van der Waals surface area contributed by atoms with Crippen LogP contribution in [0.1, 0.15) is 30.5 Å². The van der Waals surface area contributed by atoms with Crippen LogP contribution in [0.25, 0.3) is 0 Å². The lowest BCUT2D eigenvalue weighted by molar-refractivity contribution is -0.155. The topological polar surface area (TPSA) is 63.7 Å². The van der Waals surface area contributed by atoms with Gasteiger partial charge in [0.15, 0.2) is 5.54 Å². The molecule has 0 N–H and O–H groups in total. The first-order chi connectivity index (χ1) is 12.3. The molecule has 0 aliphatic carbocycles. The monoisotopic (exact) mass is 373 g/mol. The van der Waals surface area contributed by atoms with Gasteiger partial charge in [-0.05, 0) is 50.5 Å². The number of aryl methyl sites for hydroxylation is 1. The SMILES string of the molecule is CCOC(=O)C1(C)c2ccccc2CCN1S(=O)(=O)c1ccc(C)cc1. The Balaban J connectivity index is 2.16. The van der Waals surface area contributed by atoms with E-state index in [-0.39, 0.29) is 18.0 Å². The minimum absolute atomic E-state index is 0.179. The largest absolute Gasteiger partial charge is 0.464 e. The molecule has 26 heavy (non-hydrogen) atoms. The van der Waals surface area contributed by atoms with Crippen LogP contribution in [0.5, 0.6) is 0 Å². The molecule has 0 radical (unpaired) electrons. The van der Waals surface area contributed by atoms with Gasteiger partial charge in [-0.1, -0.05) is 42.0 Å². The van der Waals surface area contributed by atoms with E-state index in [1.807, 2.05) is 31.2 Å². The van der Waals surface area contributed by atoms with E-state index in [0.29, 0.717) is 12.0 Å². The predicted octanol–water partition coefficient (Wildman–Crippen LogP) is 3.02. The lowest BCUT2D eigenvalue weighted by Crippen LogP contribution is -2.56. The van der Waals surface area contributed by atoms with Crippen molar-refractivity contribution >= 4 is 16.0 Å². The summed E-state index contributed by atoms with van der Waals surface area (Å²) in [4.78, 5) is 13.1. The van der Waals surface area contributed by atoms with Crippen molar-refractivity contribution in [1.29, 1.82) is 0 Å². The number of hydrogen-bond donors (Lipinski definition) is 0. The molecule has 0 bridgehead atoms. The average Bonchev–Trinajstić information content (AvgIpc) is 2.62. The fourth-order valence-corrected chi connectivity index (χ4v) is 5.19. The predicted molar refractivity (Wildman–Crippen MR) is 99.2 cm³/mol.